The summed E-state index contributed by atoms with van der Waals surface area (Å²) in [6.07, 6.45) is 3.99. The number of rotatable bonds is 3. The highest BCUT2D eigenvalue weighted by atomic mass is 35.5. The van der Waals surface area contributed by atoms with Gasteiger partial charge in [0, 0.05) is 36.3 Å². The number of hydrogen-bond donors (Lipinski definition) is 2. The molecule has 158 valence electrons. The normalized spacial score (nSPS) is 23.0. The summed E-state index contributed by atoms with van der Waals surface area (Å²) in [6, 6.07) is 6.27. The second kappa shape index (κ2) is 9.90. The number of nitrogens with zero attached hydrogens (tertiary/aromatic N) is 1. The molecule has 2 saturated heterocycles. The van der Waals surface area contributed by atoms with Crippen molar-refractivity contribution in [3.63, 3.8) is 0 Å². The maximum absolute atomic E-state index is 13.1. The predicted molar refractivity (Wildman–Crippen MR) is 115 cm³/mol. The summed E-state index contributed by atoms with van der Waals surface area (Å²) in [6.45, 7) is 6.86. The predicted octanol–water partition coefficient (Wildman–Crippen LogP) is 3.09. The van der Waals surface area contributed by atoms with Crippen LogP contribution in [0.15, 0.2) is 18.2 Å². The fourth-order valence-corrected chi connectivity index (χ4v) is 4.22. The van der Waals surface area contributed by atoms with Crippen molar-refractivity contribution < 1.29 is 14.3 Å². The standard InChI is InChI=1S/C20H29N3O3.2ClH/c1-20(6-8-21-9-7-20)19(24)23-10-2-3-16(14-23)22-15-4-5-17-18(13-15)26-12-11-25-17;;/h4-5,13,16,21-22H,2-3,6-12,14H2,1H3;2*1H. The van der Waals surface area contributed by atoms with E-state index in [1.165, 1.54) is 0 Å². The Morgan fingerprint density at radius 1 is 1.18 bits per heavy atom. The third-order valence-electron chi connectivity index (χ3n) is 5.84. The zero-order chi connectivity index (χ0) is 18.0. The monoisotopic (exact) mass is 431 g/mol. The Hall–Kier alpha value is -1.37. The van der Waals surface area contributed by atoms with E-state index in [0.717, 1.165) is 69.0 Å². The first kappa shape index (κ1) is 22.9. The third kappa shape index (κ3) is 4.97. The molecule has 1 unspecified atom stereocenters. The van der Waals surface area contributed by atoms with E-state index in [1.807, 2.05) is 18.2 Å². The minimum absolute atomic E-state index is 0. The Morgan fingerprint density at radius 2 is 1.89 bits per heavy atom. The van der Waals surface area contributed by atoms with Crippen LogP contribution in [-0.2, 0) is 4.79 Å². The van der Waals surface area contributed by atoms with Crippen LogP contribution in [0.2, 0.25) is 0 Å². The van der Waals surface area contributed by atoms with Crippen LogP contribution in [0, 0.1) is 5.41 Å². The van der Waals surface area contributed by atoms with Crippen molar-refractivity contribution in [2.45, 2.75) is 38.6 Å². The number of anilines is 1. The van der Waals surface area contributed by atoms with E-state index in [4.69, 9.17) is 9.47 Å². The van der Waals surface area contributed by atoms with Crippen LogP contribution in [0.5, 0.6) is 11.5 Å². The average molecular weight is 432 g/mol. The number of carbonyl (C=O) groups is 1. The van der Waals surface area contributed by atoms with Crippen molar-refractivity contribution in [2.24, 2.45) is 5.41 Å². The largest absolute Gasteiger partial charge is 0.486 e. The Balaban J connectivity index is 0.00000140. The SMILES string of the molecule is CC1(C(=O)N2CCCC(Nc3ccc4c(c3)OCCO4)C2)CCNCC1.Cl.Cl. The summed E-state index contributed by atoms with van der Waals surface area (Å²) in [5, 5.41) is 6.95. The minimum Gasteiger partial charge on any atom is -0.486 e. The van der Waals surface area contributed by atoms with Crippen molar-refractivity contribution in [1.29, 1.82) is 0 Å². The van der Waals surface area contributed by atoms with Crippen molar-refractivity contribution in [3.8, 4) is 11.5 Å². The van der Waals surface area contributed by atoms with E-state index in [1.54, 1.807) is 0 Å². The number of amides is 1. The lowest BCUT2D eigenvalue weighted by atomic mass is 9.79. The molecule has 0 bridgehead atoms. The molecule has 0 radical (unpaired) electrons. The van der Waals surface area contributed by atoms with E-state index >= 15 is 0 Å². The molecule has 2 fully saturated rings. The van der Waals surface area contributed by atoms with Crippen LogP contribution in [-0.4, -0.2) is 56.2 Å². The van der Waals surface area contributed by atoms with Gasteiger partial charge in [-0.05, 0) is 50.9 Å². The molecule has 3 aliphatic rings. The van der Waals surface area contributed by atoms with E-state index in [0.29, 0.717) is 19.1 Å². The van der Waals surface area contributed by atoms with E-state index in [2.05, 4.69) is 22.5 Å². The fraction of sp³-hybridized carbons (Fsp3) is 0.650. The number of halogens is 2. The average Bonchev–Trinajstić information content (AvgIpc) is 2.68. The van der Waals surface area contributed by atoms with Crippen molar-refractivity contribution in [2.75, 3.05) is 44.7 Å². The Bertz CT molecular complexity index is 668. The molecule has 8 heteroatoms. The number of nitrogens with one attached hydrogen (secondary N) is 2. The first-order valence-electron chi connectivity index (χ1n) is 9.80. The van der Waals surface area contributed by atoms with Gasteiger partial charge >= 0.3 is 0 Å². The Labute approximate surface area is 179 Å². The molecule has 6 nitrogen and oxygen atoms in total. The number of benzene rings is 1. The van der Waals surface area contributed by atoms with Gasteiger partial charge in [0.2, 0.25) is 5.91 Å². The maximum atomic E-state index is 13.1. The van der Waals surface area contributed by atoms with Crippen LogP contribution in [0.3, 0.4) is 0 Å². The fourth-order valence-electron chi connectivity index (χ4n) is 4.22. The van der Waals surface area contributed by atoms with Crippen molar-refractivity contribution >= 4 is 36.4 Å². The van der Waals surface area contributed by atoms with Gasteiger partial charge in [-0.1, -0.05) is 6.92 Å². The number of likely N-dealkylation sites (tertiary alicyclic amines) is 1. The maximum Gasteiger partial charge on any atom is 0.228 e. The molecular weight excluding hydrogens is 401 g/mol. The molecule has 1 aromatic rings. The van der Waals surface area contributed by atoms with Gasteiger partial charge in [-0.25, -0.2) is 0 Å². The summed E-state index contributed by atoms with van der Waals surface area (Å²) >= 11 is 0. The van der Waals surface area contributed by atoms with Gasteiger partial charge in [0.05, 0.1) is 0 Å². The lowest BCUT2D eigenvalue weighted by Gasteiger charge is -2.41. The molecule has 2 N–H and O–H groups in total. The molecule has 28 heavy (non-hydrogen) atoms. The van der Waals surface area contributed by atoms with Gasteiger partial charge in [0.1, 0.15) is 13.2 Å². The second-order valence-corrected chi connectivity index (χ2v) is 7.90. The number of ether oxygens (including phenoxy) is 2. The molecule has 1 atom stereocenters. The molecule has 1 aromatic carbocycles. The van der Waals surface area contributed by atoms with Gasteiger partial charge in [-0.2, -0.15) is 0 Å². The second-order valence-electron chi connectivity index (χ2n) is 7.90. The molecule has 3 aliphatic heterocycles. The highest BCUT2D eigenvalue weighted by Gasteiger charge is 2.39. The van der Waals surface area contributed by atoms with Gasteiger partial charge in [-0.3, -0.25) is 4.79 Å². The Kier molecular flexibility index (Phi) is 8.10. The van der Waals surface area contributed by atoms with Gasteiger partial charge in [-0.15, -0.1) is 24.8 Å². The van der Waals surface area contributed by atoms with Gasteiger partial charge < -0.3 is 25.0 Å². The van der Waals surface area contributed by atoms with Gasteiger partial charge in [0.15, 0.2) is 11.5 Å². The molecule has 3 heterocycles. The van der Waals surface area contributed by atoms with Crippen LogP contribution in [0.25, 0.3) is 0 Å². The van der Waals surface area contributed by atoms with E-state index in [-0.39, 0.29) is 36.3 Å². The van der Waals surface area contributed by atoms with E-state index < -0.39 is 0 Å². The van der Waals surface area contributed by atoms with Crippen LogP contribution in [0.4, 0.5) is 5.69 Å². The summed E-state index contributed by atoms with van der Waals surface area (Å²) < 4.78 is 11.3. The lowest BCUT2D eigenvalue weighted by Crippen LogP contribution is -2.52. The molecule has 0 spiro atoms. The quantitative estimate of drug-likeness (QED) is 0.769. The number of hydrogen-bond acceptors (Lipinski definition) is 5. The van der Waals surface area contributed by atoms with Crippen LogP contribution in [0.1, 0.15) is 32.6 Å². The molecule has 1 amide bonds. The molecule has 0 aromatic heterocycles. The smallest absolute Gasteiger partial charge is 0.228 e. The number of fused-ring (bicyclic) bond motifs is 1. The molecule has 4 rings (SSSR count). The molecular formula is C20H31Cl2N3O3. The lowest BCUT2D eigenvalue weighted by molar-refractivity contribution is -0.143. The third-order valence-corrected chi connectivity index (χ3v) is 5.84. The van der Waals surface area contributed by atoms with Crippen LogP contribution < -0.4 is 20.1 Å². The van der Waals surface area contributed by atoms with Gasteiger partial charge in [0.25, 0.3) is 0 Å². The molecule has 0 saturated carbocycles. The number of carbonyl (C=O) groups excluding carboxylic acids is 1. The zero-order valence-electron chi connectivity index (χ0n) is 16.4. The van der Waals surface area contributed by atoms with Crippen LogP contribution >= 0.6 is 24.8 Å². The Morgan fingerprint density at radius 3 is 2.64 bits per heavy atom. The first-order valence-corrected chi connectivity index (χ1v) is 9.80. The summed E-state index contributed by atoms with van der Waals surface area (Å²) in [4.78, 5) is 15.2. The highest BCUT2D eigenvalue weighted by Crippen LogP contribution is 2.34. The summed E-state index contributed by atoms with van der Waals surface area (Å²) in [7, 11) is 0. The van der Waals surface area contributed by atoms with Crippen molar-refractivity contribution in [3.05, 3.63) is 18.2 Å². The minimum atomic E-state index is -0.204. The number of piperidine rings is 2. The van der Waals surface area contributed by atoms with Crippen molar-refractivity contribution in [1.82, 2.24) is 10.2 Å². The summed E-state index contributed by atoms with van der Waals surface area (Å²) in [5.41, 5.74) is 0.825. The summed E-state index contributed by atoms with van der Waals surface area (Å²) in [5.74, 6) is 1.93. The zero-order valence-corrected chi connectivity index (χ0v) is 18.0. The van der Waals surface area contributed by atoms with E-state index in [9.17, 15) is 4.79 Å². The topological polar surface area (TPSA) is 62.8 Å². The highest BCUT2D eigenvalue weighted by molar-refractivity contribution is 5.85. The molecule has 0 aliphatic carbocycles. The first-order chi connectivity index (χ1) is 12.6.